The van der Waals surface area contributed by atoms with E-state index in [-0.39, 0.29) is 23.0 Å². The van der Waals surface area contributed by atoms with Crippen LogP contribution in [0.15, 0.2) is 15.4 Å². The first-order valence-corrected chi connectivity index (χ1v) is 5.97. The highest BCUT2D eigenvalue weighted by atomic mass is 32.2. The number of aliphatic hydroxyl groups excluding tert-OH is 1. The zero-order chi connectivity index (χ0) is 11.9. The molecule has 0 saturated heterocycles. The average Bonchev–Trinajstić information content (AvgIpc) is 2.44. The topological polar surface area (TPSA) is 93.5 Å². The molecule has 0 atom stereocenters. The lowest BCUT2D eigenvalue weighted by Gasteiger charge is -2.16. The second-order valence-corrected chi connectivity index (χ2v) is 5.89. The minimum atomic E-state index is -3.81. The van der Waals surface area contributed by atoms with E-state index in [0.717, 1.165) is 0 Å². The van der Waals surface area contributed by atoms with Gasteiger partial charge >= 0.3 is 0 Å². The minimum absolute atomic E-state index is 0.0564. The van der Waals surface area contributed by atoms with Crippen molar-refractivity contribution in [2.75, 3.05) is 0 Å². The Bertz CT molecular complexity index is 453. The lowest BCUT2D eigenvalue weighted by Crippen LogP contribution is -2.19. The molecule has 0 saturated carbocycles. The first-order chi connectivity index (χ1) is 6.66. The molecular weight excluding hydrogens is 218 g/mol. The monoisotopic (exact) mass is 233 g/mol. The highest BCUT2D eigenvalue weighted by molar-refractivity contribution is 7.89. The van der Waals surface area contributed by atoms with Crippen LogP contribution in [0.1, 0.15) is 32.3 Å². The number of hydrogen-bond acceptors (Lipinski definition) is 4. The molecule has 0 aliphatic carbocycles. The molecule has 0 bridgehead atoms. The molecule has 0 amide bonds. The Labute approximate surface area is 88.9 Å². The van der Waals surface area contributed by atoms with Gasteiger partial charge in [0.25, 0.3) is 0 Å². The molecule has 1 rings (SSSR count). The van der Waals surface area contributed by atoms with E-state index < -0.39 is 15.4 Å². The molecule has 3 N–H and O–H groups in total. The van der Waals surface area contributed by atoms with E-state index in [4.69, 9.17) is 14.7 Å². The molecule has 0 spiro atoms. The van der Waals surface area contributed by atoms with Crippen LogP contribution in [0.4, 0.5) is 0 Å². The molecule has 0 aliphatic heterocycles. The minimum Gasteiger partial charge on any atom is -0.462 e. The van der Waals surface area contributed by atoms with Gasteiger partial charge in [-0.25, -0.2) is 13.6 Å². The Morgan fingerprint density at radius 3 is 2.27 bits per heavy atom. The van der Waals surface area contributed by atoms with Gasteiger partial charge in [0.05, 0.1) is 0 Å². The Hall–Kier alpha value is -0.850. The van der Waals surface area contributed by atoms with Gasteiger partial charge < -0.3 is 9.52 Å². The van der Waals surface area contributed by atoms with E-state index in [1.165, 1.54) is 6.07 Å². The molecule has 6 heteroatoms. The molecule has 1 heterocycles. The van der Waals surface area contributed by atoms with Crippen molar-refractivity contribution in [1.29, 1.82) is 0 Å². The summed E-state index contributed by atoms with van der Waals surface area (Å²) in [6, 6.07) is 1.26. The van der Waals surface area contributed by atoms with Crippen molar-refractivity contribution >= 4 is 10.0 Å². The summed E-state index contributed by atoms with van der Waals surface area (Å²) in [7, 11) is -3.81. The summed E-state index contributed by atoms with van der Waals surface area (Å²) in [6.45, 7) is 5.07. The Morgan fingerprint density at radius 1 is 1.47 bits per heavy atom. The number of primary sulfonamides is 1. The fourth-order valence-electron chi connectivity index (χ4n) is 1.23. The molecule has 0 unspecified atom stereocenters. The van der Waals surface area contributed by atoms with Crippen LogP contribution in [-0.2, 0) is 22.0 Å². The summed E-state index contributed by atoms with van der Waals surface area (Å²) >= 11 is 0. The second kappa shape index (κ2) is 3.62. The average molecular weight is 233 g/mol. The summed E-state index contributed by atoms with van der Waals surface area (Å²) in [4.78, 5) is -0.0564. The third kappa shape index (κ3) is 2.58. The molecule has 15 heavy (non-hydrogen) atoms. The van der Waals surface area contributed by atoms with E-state index in [0.29, 0.717) is 0 Å². The summed E-state index contributed by atoms with van der Waals surface area (Å²) in [5.74, 6) is 0.470. The summed E-state index contributed by atoms with van der Waals surface area (Å²) in [6.07, 6.45) is 0. The predicted octanol–water partition coefficient (Wildman–Crippen LogP) is 0.717. The second-order valence-electron chi connectivity index (χ2n) is 4.36. The van der Waals surface area contributed by atoms with Gasteiger partial charge in [-0.05, 0) is 0 Å². The standard InChI is InChI=1S/C9H15NO4S/c1-9(2,3)8-7(15(10,12)13)4-6(5-11)14-8/h4,11H,5H2,1-3H3,(H2,10,12,13). The molecule has 0 aromatic carbocycles. The van der Waals surface area contributed by atoms with E-state index in [1.54, 1.807) is 0 Å². The van der Waals surface area contributed by atoms with Crippen LogP contribution in [0, 0.1) is 0 Å². The van der Waals surface area contributed by atoms with E-state index in [1.807, 2.05) is 20.8 Å². The van der Waals surface area contributed by atoms with Crippen LogP contribution in [0.5, 0.6) is 0 Å². The van der Waals surface area contributed by atoms with Gasteiger partial charge in [-0.15, -0.1) is 0 Å². The zero-order valence-electron chi connectivity index (χ0n) is 8.94. The summed E-state index contributed by atoms with van der Waals surface area (Å²) < 4.78 is 27.8. The van der Waals surface area contributed by atoms with Gasteiger partial charge in [-0.1, -0.05) is 20.8 Å². The van der Waals surface area contributed by atoms with Crippen molar-refractivity contribution in [3.05, 3.63) is 17.6 Å². The van der Waals surface area contributed by atoms with E-state index in [2.05, 4.69) is 0 Å². The SMILES string of the molecule is CC(C)(C)c1oc(CO)cc1S(N)(=O)=O. The van der Waals surface area contributed by atoms with Crippen LogP contribution in [-0.4, -0.2) is 13.5 Å². The fraction of sp³-hybridized carbons (Fsp3) is 0.556. The highest BCUT2D eigenvalue weighted by Gasteiger charge is 2.28. The number of aliphatic hydroxyl groups is 1. The van der Waals surface area contributed by atoms with Crippen LogP contribution >= 0.6 is 0 Å². The van der Waals surface area contributed by atoms with Gasteiger partial charge in [-0.3, -0.25) is 0 Å². The maximum Gasteiger partial charge on any atom is 0.241 e. The van der Waals surface area contributed by atoms with Crippen molar-refractivity contribution < 1.29 is 17.9 Å². The molecule has 0 aliphatic rings. The predicted molar refractivity (Wildman–Crippen MR) is 54.7 cm³/mol. The number of rotatable bonds is 2. The number of furan rings is 1. The molecule has 1 aromatic rings. The fourth-order valence-corrected chi connectivity index (χ4v) is 2.14. The first-order valence-electron chi connectivity index (χ1n) is 4.43. The maximum absolute atomic E-state index is 11.3. The summed E-state index contributed by atoms with van der Waals surface area (Å²) in [5.41, 5.74) is -0.477. The number of sulfonamides is 1. The van der Waals surface area contributed by atoms with E-state index >= 15 is 0 Å². The Kier molecular flexibility index (Phi) is 2.95. The normalized spacial score (nSPS) is 13.1. The van der Waals surface area contributed by atoms with Crippen molar-refractivity contribution in [2.24, 2.45) is 5.14 Å². The van der Waals surface area contributed by atoms with Crippen molar-refractivity contribution in [3.63, 3.8) is 0 Å². The highest BCUT2D eigenvalue weighted by Crippen LogP contribution is 2.31. The molecule has 86 valence electrons. The van der Waals surface area contributed by atoms with Crippen molar-refractivity contribution in [3.8, 4) is 0 Å². The molecule has 1 aromatic heterocycles. The third-order valence-electron chi connectivity index (χ3n) is 1.89. The van der Waals surface area contributed by atoms with Crippen LogP contribution in [0.3, 0.4) is 0 Å². The smallest absolute Gasteiger partial charge is 0.241 e. The van der Waals surface area contributed by atoms with Crippen molar-refractivity contribution in [1.82, 2.24) is 0 Å². The third-order valence-corrected chi connectivity index (χ3v) is 2.81. The van der Waals surface area contributed by atoms with Crippen LogP contribution < -0.4 is 5.14 Å². The molecule has 0 radical (unpaired) electrons. The largest absolute Gasteiger partial charge is 0.462 e. The van der Waals surface area contributed by atoms with Gasteiger partial charge in [-0.2, -0.15) is 0 Å². The summed E-state index contributed by atoms with van der Waals surface area (Å²) in [5, 5.41) is 13.9. The van der Waals surface area contributed by atoms with Gasteiger partial charge in [0.1, 0.15) is 23.0 Å². The maximum atomic E-state index is 11.3. The molecule has 5 nitrogen and oxygen atoms in total. The quantitative estimate of drug-likeness (QED) is 0.786. The van der Waals surface area contributed by atoms with Crippen LogP contribution in [0.25, 0.3) is 0 Å². The van der Waals surface area contributed by atoms with Gasteiger partial charge in [0, 0.05) is 11.5 Å². The Balaban J connectivity index is 3.44. The van der Waals surface area contributed by atoms with Gasteiger partial charge in [0.2, 0.25) is 10.0 Å². The zero-order valence-corrected chi connectivity index (χ0v) is 9.76. The molecule has 0 fully saturated rings. The first kappa shape index (κ1) is 12.2. The number of nitrogens with two attached hydrogens (primary N) is 1. The van der Waals surface area contributed by atoms with Crippen molar-refractivity contribution in [2.45, 2.75) is 37.7 Å². The lowest BCUT2D eigenvalue weighted by atomic mass is 9.93. The molecular formula is C9H15NO4S. The lowest BCUT2D eigenvalue weighted by molar-refractivity contribution is 0.237. The van der Waals surface area contributed by atoms with Crippen LogP contribution in [0.2, 0.25) is 0 Å². The number of hydrogen-bond donors (Lipinski definition) is 2. The van der Waals surface area contributed by atoms with E-state index in [9.17, 15) is 8.42 Å². The van der Waals surface area contributed by atoms with Gasteiger partial charge in [0.15, 0.2) is 0 Å². The Morgan fingerprint density at radius 2 is 2.00 bits per heavy atom.